The van der Waals surface area contributed by atoms with Crippen LogP contribution in [0, 0.1) is 0 Å². The van der Waals surface area contributed by atoms with Crippen molar-refractivity contribution >= 4 is 41.8 Å². The first-order chi connectivity index (χ1) is 40.4. The zero-order chi connectivity index (χ0) is 58.1. The highest BCUT2D eigenvalue weighted by molar-refractivity contribution is 8.00. The molecule has 13 nitrogen and oxygen atoms in total. The van der Waals surface area contributed by atoms with Gasteiger partial charge in [0.15, 0.2) is 0 Å². The molecule has 0 spiro atoms. The van der Waals surface area contributed by atoms with Crippen LogP contribution in [0.2, 0.25) is 0 Å². The van der Waals surface area contributed by atoms with Gasteiger partial charge in [-0.05, 0) is 179 Å². The fraction of sp³-hybridized carbons (Fsp3) is 0.333. The summed E-state index contributed by atoms with van der Waals surface area (Å²) in [6, 6.07) is 58.9. The third-order valence-electron chi connectivity index (χ3n) is 14.1. The van der Waals surface area contributed by atoms with E-state index in [-0.39, 0.29) is 5.75 Å². The fourth-order valence-electron chi connectivity index (χ4n) is 10.0. The molecule has 0 aliphatic carbocycles. The largest absolute Gasteiger partial charge is 0.494 e. The summed E-state index contributed by atoms with van der Waals surface area (Å²) in [7, 11) is 0. The Morgan fingerprint density at radius 1 is 0.554 bits per heavy atom. The van der Waals surface area contributed by atoms with Gasteiger partial charge in [0.1, 0.15) is 29.7 Å². The number of carbonyl (C=O) groups excluding carboxylic acids is 4. The van der Waals surface area contributed by atoms with Crippen LogP contribution < -0.4 is 30.8 Å². The number of thioether (sulfide) groups is 1. The number of pyridine rings is 1. The van der Waals surface area contributed by atoms with Gasteiger partial charge in [0.25, 0.3) is 5.91 Å². The van der Waals surface area contributed by atoms with E-state index in [9.17, 15) is 19.2 Å². The lowest BCUT2D eigenvalue weighted by Crippen LogP contribution is -2.51. The van der Waals surface area contributed by atoms with Gasteiger partial charge in [-0.25, -0.2) is 10.2 Å². The Morgan fingerprint density at radius 3 is 1.53 bits per heavy atom. The number of alkyl carbamates (subject to hydrolysis) is 1. The van der Waals surface area contributed by atoms with Crippen LogP contribution in [0.1, 0.15) is 115 Å². The molecule has 432 valence electrons. The number of rotatable bonds is 14. The second-order valence-corrected chi connectivity index (χ2v) is 23.1. The summed E-state index contributed by atoms with van der Waals surface area (Å²) in [5, 5.41) is 12.3. The van der Waals surface area contributed by atoms with Crippen molar-refractivity contribution in [1.29, 1.82) is 0 Å². The van der Waals surface area contributed by atoms with Crippen LogP contribution in [0.5, 0.6) is 11.5 Å². The van der Waals surface area contributed by atoms with Crippen LogP contribution in [0.15, 0.2) is 181 Å². The van der Waals surface area contributed by atoms with Gasteiger partial charge in [-0.3, -0.25) is 19.4 Å². The highest BCUT2D eigenvalue weighted by Gasteiger charge is 2.38. The van der Waals surface area contributed by atoms with Crippen LogP contribution in [-0.2, 0) is 62.4 Å². The number of nitrogens with one attached hydrogen (secondary N) is 4. The van der Waals surface area contributed by atoms with E-state index in [4.69, 9.17) is 19.2 Å². The summed E-state index contributed by atoms with van der Waals surface area (Å²) in [6.07, 6.45) is 12.0. The lowest BCUT2D eigenvalue weighted by Gasteiger charge is -2.36. The van der Waals surface area contributed by atoms with E-state index < -0.39 is 53.3 Å². The van der Waals surface area contributed by atoms with Crippen molar-refractivity contribution in [3.63, 3.8) is 0 Å². The summed E-state index contributed by atoms with van der Waals surface area (Å²) < 4.78 is 16.8. The Kier molecular flexibility index (Phi) is 22.9. The number of carbonyl (C=O) groups is 4. The van der Waals surface area contributed by atoms with Gasteiger partial charge < -0.3 is 30.2 Å². The number of hydrogen-bond donors (Lipinski definition) is 4. The van der Waals surface area contributed by atoms with Crippen molar-refractivity contribution in [2.45, 2.75) is 114 Å². The van der Waals surface area contributed by atoms with Gasteiger partial charge in [-0.15, -0.1) is 11.8 Å². The molecule has 11 rings (SSSR count). The first-order valence-electron chi connectivity index (χ1n) is 29.0. The van der Waals surface area contributed by atoms with Gasteiger partial charge in [0, 0.05) is 17.1 Å². The van der Waals surface area contributed by atoms with Gasteiger partial charge in [0.05, 0.1) is 30.7 Å². The van der Waals surface area contributed by atoms with Crippen LogP contribution in [0.4, 0.5) is 4.79 Å². The number of hydrogen-bond acceptors (Lipinski definition) is 10. The van der Waals surface area contributed by atoms with E-state index in [2.05, 4.69) is 148 Å². The van der Waals surface area contributed by atoms with Crippen molar-refractivity contribution in [3.05, 3.63) is 232 Å². The molecule has 0 saturated heterocycles. The molecular weight excluding hydrogens is 1060 g/mol. The van der Waals surface area contributed by atoms with Crippen LogP contribution >= 0.6 is 11.8 Å². The number of benzene rings is 6. The molecule has 0 radical (unpaired) electrons. The minimum absolute atomic E-state index is 0.108. The predicted molar refractivity (Wildman–Crippen MR) is 331 cm³/mol. The molecule has 4 aliphatic heterocycles. The molecule has 8 bridgehead atoms. The highest BCUT2D eigenvalue weighted by atomic mass is 32.2. The molecule has 0 unspecified atom stereocenters. The molecule has 7 aromatic rings. The topological polar surface area (TPSA) is 169 Å². The molecule has 5 heterocycles. The Morgan fingerprint density at radius 2 is 1.04 bits per heavy atom. The zero-order valence-electron chi connectivity index (χ0n) is 48.1. The van der Waals surface area contributed by atoms with Crippen LogP contribution in [0.3, 0.4) is 0 Å². The highest BCUT2D eigenvalue weighted by Crippen LogP contribution is 2.48. The molecule has 1 atom stereocenters. The van der Waals surface area contributed by atoms with E-state index >= 15 is 0 Å². The quantitative estimate of drug-likeness (QED) is 0.0470. The number of ether oxygens (including phenoxy) is 3. The first kappa shape index (κ1) is 60.9. The van der Waals surface area contributed by atoms with Crippen molar-refractivity contribution in [1.82, 2.24) is 26.4 Å². The predicted octanol–water partition coefficient (Wildman–Crippen LogP) is 11.9. The second kappa shape index (κ2) is 31.3. The Bertz CT molecular complexity index is 3000. The lowest BCUT2D eigenvalue weighted by molar-refractivity contribution is -0.129. The number of aryl methyl sites for hydroxylation is 6. The SMILES string of the molecule is CC(C)(C)OC(=O)NCC(=O)NCC(=O)N[C@@H](CSC(c1ccccc1)(c1ccccc1)c1ccccc1)C(=O)N/N=C/c1cc2cc(c1)CCCCOc1ccc(cc1)CCCc1cccc(n1)CCCc1ccc(cc1)OCCCC2. The van der Waals surface area contributed by atoms with Crippen LogP contribution in [0.25, 0.3) is 0 Å². The summed E-state index contributed by atoms with van der Waals surface area (Å²) in [4.78, 5) is 58.2. The summed E-state index contributed by atoms with van der Waals surface area (Å²) in [5.41, 5.74) is 13.0. The van der Waals surface area contributed by atoms with E-state index in [0.717, 1.165) is 133 Å². The Labute approximate surface area is 493 Å². The van der Waals surface area contributed by atoms with E-state index in [1.54, 1.807) is 27.0 Å². The summed E-state index contributed by atoms with van der Waals surface area (Å²) in [5.74, 6) is 0.0827. The monoisotopic (exact) mass is 1130 g/mol. The minimum atomic E-state index is -1.11. The zero-order valence-corrected chi connectivity index (χ0v) is 48.9. The van der Waals surface area contributed by atoms with Gasteiger partial charge in [-0.2, -0.15) is 5.10 Å². The molecule has 4 N–H and O–H groups in total. The third kappa shape index (κ3) is 19.7. The lowest BCUT2D eigenvalue weighted by atomic mass is 9.84. The van der Waals surface area contributed by atoms with E-state index in [1.807, 2.05) is 54.6 Å². The minimum Gasteiger partial charge on any atom is -0.494 e. The molecule has 4 aliphatic rings. The molecule has 83 heavy (non-hydrogen) atoms. The van der Waals surface area contributed by atoms with Crippen molar-refractivity contribution in [2.24, 2.45) is 5.10 Å². The number of hydrazone groups is 1. The van der Waals surface area contributed by atoms with Crippen molar-refractivity contribution < 1.29 is 33.4 Å². The van der Waals surface area contributed by atoms with Gasteiger partial charge in [0.2, 0.25) is 11.8 Å². The molecular formula is C69H78N6O7S. The maximum atomic E-state index is 14.5. The average Bonchev–Trinajstić information content (AvgIpc) is 3.62. The maximum Gasteiger partial charge on any atom is 0.408 e. The normalized spacial score (nSPS) is 14.3. The molecule has 4 amide bonds. The Balaban J connectivity index is 0.970. The van der Waals surface area contributed by atoms with Gasteiger partial charge >= 0.3 is 6.09 Å². The first-order valence-corrected chi connectivity index (χ1v) is 30.0. The molecule has 0 fully saturated rings. The van der Waals surface area contributed by atoms with Crippen molar-refractivity contribution in [3.8, 4) is 11.5 Å². The standard InChI is InChI=1S/C69H78N6O7S/c1-68(2,3)82-67(79)71-48-64(76)70-49-65(77)74-63(50-83-69(56-24-7-4-8-25-56,57-26-9-5-10-27-57)58-28-11-6-12-29-58)66(78)75-72-47-55-45-53-20-13-15-42-80-61-38-34-51(35-39-61)22-17-30-59-32-19-33-60(73-59)31-18-23-52-36-40-62(41-37-52)81-43-16-14-21-54(44-53)46-55/h4-12,19,24-29,32-41,44-47,63H,13-18,20-23,30-31,42-43,48-50H2,1-3H3,(H,70,76)(H,71,79)(H,74,77)(H,75,78)/b72-47+/t63-/m0/s1. The Hall–Kier alpha value is -8.23. The van der Waals surface area contributed by atoms with E-state index in [0.29, 0.717) is 13.2 Å². The van der Waals surface area contributed by atoms with Gasteiger partial charge in [-0.1, -0.05) is 140 Å². The smallest absolute Gasteiger partial charge is 0.408 e. The number of aromatic nitrogens is 1. The number of amides is 4. The van der Waals surface area contributed by atoms with Crippen molar-refractivity contribution in [2.75, 3.05) is 32.1 Å². The number of nitrogens with zero attached hydrogens (tertiary/aromatic N) is 2. The maximum absolute atomic E-state index is 14.5. The molecule has 0 saturated carbocycles. The molecule has 6 aromatic carbocycles. The van der Waals surface area contributed by atoms with E-state index in [1.165, 1.54) is 22.9 Å². The molecule has 1 aromatic heterocycles. The third-order valence-corrected chi connectivity index (χ3v) is 15.8. The average molecular weight is 1140 g/mol. The fourth-order valence-corrected chi connectivity index (χ4v) is 11.6. The second-order valence-electron chi connectivity index (χ2n) is 21.9. The summed E-state index contributed by atoms with van der Waals surface area (Å²) in [6.45, 7) is 5.49. The van der Waals surface area contributed by atoms with Crippen LogP contribution in [-0.4, -0.2) is 78.7 Å². The molecule has 14 heteroatoms. The summed E-state index contributed by atoms with van der Waals surface area (Å²) >= 11 is 1.51.